The average molecular weight is 370 g/mol. The second-order valence-corrected chi connectivity index (χ2v) is 5.98. The first-order valence-electron chi connectivity index (χ1n) is 7.90. The molecule has 0 spiro atoms. The van der Waals surface area contributed by atoms with E-state index in [9.17, 15) is 22.8 Å². The lowest BCUT2D eigenvalue weighted by molar-refractivity contribution is -0.170. The van der Waals surface area contributed by atoms with E-state index in [4.69, 9.17) is 14.4 Å². The first-order valence-corrected chi connectivity index (χ1v) is 7.90. The molecule has 1 fully saturated rings. The van der Waals surface area contributed by atoms with E-state index in [-0.39, 0.29) is 11.7 Å². The molecule has 1 aliphatic rings. The van der Waals surface area contributed by atoms with Crippen LogP contribution < -0.4 is 0 Å². The number of nitrogens with zero attached hydrogens (tertiary/aromatic N) is 2. The molecule has 0 unspecified atom stereocenters. The highest BCUT2D eigenvalue weighted by Gasteiger charge is 2.40. The molecule has 0 aromatic carbocycles. The molecule has 0 bridgehead atoms. The number of nitriles is 1. The fraction of sp³-hybridized carbons (Fsp3) is 0.471. The van der Waals surface area contributed by atoms with Crippen molar-refractivity contribution in [2.75, 3.05) is 13.2 Å². The fourth-order valence-corrected chi connectivity index (χ4v) is 2.43. The molecule has 1 atom stereocenters. The molecule has 26 heavy (non-hydrogen) atoms. The van der Waals surface area contributed by atoms with Crippen LogP contribution in [0.4, 0.5) is 13.2 Å². The van der Waals surface area contributed by atoms with Gasteiger partial charge in [-0.15, -0.1) is 0 Å². The van der Waals surface area contributed by atoms with Gasteiger partial charge in [0, 0.05) is 12.1 Å². The summed E-state index contributed by atoms with van der Waals surface area (Å²) in [5, 5.41) is 8.99. The molecule has 0 N–H and O–H groups in total. The third kappa shape index (κ3) is 5.65. The number of furan rings is 1. The molecule has 0 saturated heterocycles. The van der Waals surface area contributed by atoms with Crippen LogP contribution in [0.1, 0.15) is 25.5 Å². The summed E-state index contributed by atoms with van der Waals surface area (Å²) < 4.78 is 47.9. The van der Waals surface area contributed by atoms with E-state index in [0.29, 0.717) is 4.90 Å². The van der Waals surface area contributed by atoms with Gasteiger partial charge in [0.1, 0.15) is 23.9 Å². The Labute approximate surface area is 147 Å². The van der Waals surface area contributed by atoms with Crippen molar-refractivity contribution in [3.63, 3.8) is 0 Å². The van der Waals surface area contributed by atoms with Crippen molar-refractivity contribution in [3.05, 3.63) is 29.7 Å². The van der Waals surface area contributed by atoms with E-state index in [1.165, 1.54) is 12.3 Å². The van der Waals surface area contributed by atoms with E-state index >= 15 is 0 Å². The summed E-state index contributed by atoms with van der Waals surface area (Å²) in [5.74, 6) is -1.81. The molecule has 6 nitrogen and oxygen atoms in total. The molecular formula is C17H17F3N2O4. The molecular weight excluding hydrogens is 353 g/mol. The van der Waals surface area contributed by atoms with Crippen molar-refractivity contribution >= 4 is 18.0 Å². The smallest absolute Gasteiger partial charge is 0.406 e. The third-order valence-electron chi connectivity index (χ3n) is 3.96. The molecule has 0 aliphatic heterocycles. The fourth-order valence-electron chi connectivity index (χ4n) is 2.43. The van der Waals surface area contributed by atoms with Crippen LogP contribution in [0.3, 0.4) is 0 Å². The van der Waals surface area contributed by atoms with E-state index < -0.39 is 42.8 Å². The van der Waals surface area contributed by atoms with Crippen molar-refractivity contribution in [1.29, 1.82) is 5.26 Å². The van der Waals surface area contributed by atoms with Gasteiger partial charge in [-0.25, -0.2) is 4.79 Å². The maximum absolute atomic E-state index is 12.7. The van der Waals surface area contributed by atoms with Crippen LogP contribution in [0.25, 0.3) is 6.08 Å². The molecule has 1 amide bonds. The monoisotopic (exact) mass is 370 g/mol. The maximum Gasteiger partial charge on any atom is 0.406 e. The molecule has 1 saturated carbocycles. The van der Waals surface area contributed by atoms with Crippen molar-refractivity contribution in [1.82, 2.24) is 4.90 Å². The van der Waals surface area contributed by atoms with Gasteiger partial charge in [-0.2, -0.15) is 18.4 Å². The molecule has 1 aromatic rings. The molecule has 2 rings (SSSR count). The van der Waals surface area contributed by atoms with Crippen LogP contribution in [0.2, 0.25) is 0 Å². The molecule has 1 aliphatic carbocycles. The van der Waals surface area contributed by atoms with Gasteiger partial charge in [-0.1, -0.05) is 0 Å². The zero-order valence-electron chi connectivity index (χ0n) is 14.0. The standard InChI is InChI=1S/C17H17F3N2O4/c1-11(12-4-5-12)22(10-17(18,19)20)15(23)9-26-16(24)13(8-21)7-14-3-2-6-25-14/h2-3,6-7,11-12H,4-5,9-10H2,1H3/b13-7+/t11-/m0/s1. The van der Waals surface area contributed by atoms with E-state index in [2.05, 4.69) is 0 Å². The topological polar surface area (TPSA) is 83.5 Å². The second-order valence-electron chi connectivity index (χ2n) is 5.98. The largest absolute Gasteiger partial charge is 0.465 e. The van der Waals surface area contributed by atoms with E-state index in [0.717, 1.165) is 18.9 Å². The average Bonchev–Trinajstić information content (AvgIpc) is 3.30. The van der Waals surface area contributed by atoms with Gasteiger partial charge in [-0.05, 0) is 37.8 Å². The van der Waals surface area contributed by atoms with Crippen molar-refractivity contribution < 1.29 is 31.9 Å². The number of carbonyl (C=O) groups is 2. The number of amides is 1. The minimum absolute atomic E-state index is 0.0190. The lowest BCUT2D eigenvalue weighted by atomic mass is 10.2. The number of alkyl halides is 3. The Bertz CT molecular complexity index is 715. The Morgan fingerprint density at radius 3 is 2.69 bits per heavy atom. The van der Waals surface area contributed by atoms with Crippen LogP contribution in [0.15, 0.2) is 28.4 Å². The lowest BCUT2D eigenvalue weighted by Crippen LogP contribution is -2.47. The number of hydrogen-bond acceptors (Lipinski definition) is 5. The Morgan fingerprint density at radius 2 is 2.19 bits per heavy atom. The summed E-state index contributed by atoms with van der Waals surface area (Å²) >= 11 is 0. The predicted molar refractivity (Wildman–Crippen MR) is 83.2 cm³/mol. The van der Waals surface area contributed by atoms with Gasteiger partial charge in [0.2, 0.25) is 0 Å². The second kappa shape index (κ2) is 8.08. The Kier molecular flexibility index (Phi) is 6.08. The van der Waals surface area contributed by atoms with Crippen LogP contribution in [-0.4, -0.2) is 42.1 Å². The highest BCUT2D eigenvalue weighted by atomic mass is 19.4. The minimum atomic E-state index is -4.56. The zero-order chi connectivity index (χ0) is 19.3. The molecule has 140 valence electrons. The van der Waals surface area contributed by atoms with Gasteiger partial charge in [0.05, 0.1) is 6.26 Å². The molecule has 1 heterocycles. The van der Waals surface area contributed by atoms with Gasteiger partial charge in [0.25, 0.3) is 5.91 Å². The Balaban J connectivity index is 1.99. The summed E-state index contributed by atoms with van der Waals surface area (Å²) in [6.45, 7) is -0.738. The highest BCUT2D eigenvalue weighted by Crippen LogP contribution is 2.36. The molecule has 0 radical (unpaired) electrons. The minimum Gasteiger partial charge on any atom is -0.465 e. The summed E-state index contributed by atoms with van der Waals surface area (Å²) in [4.78, 5) is 24.7. The van der Waals surface area contributed by atoms with Crippen molar-refractivity contribution in [2.24, 2.45) is 5.92 Å². The predicted octanol–water partition coefficient (Wildman–Crippen LogP) is 2.92. The van der Waals surface area contributed by atoms with E-state index in [1.54, 1.807) is 19.1 Å². The normalized spacial score (nSPS) is 15.9. The zero-order valence-corrected chi connectivity index (χ0v) is 14.0. The number of hydrogen-bond donors (Lipinski definition) is 0. The van der Waals surface area contributed by atoms with Crippen molar-refractivity contribution in [3.8, 4) is 6.07 Å². The number of halogens is 3. The van der Waals surface area contributed by atoms with Crippen molar-refractivity contribution in [2.45, 2.75) is 32.0 Å². The van der Waals surface area contributed by atoms with Crippen LogP contribution in [-0.2, 0) is 14.3 Å². The summed E-state index contributed by atoms with van der Waals surface area (Å²) in [7, 11) is 0. The Morgan fingerprint density at radius 1 is 1.50 bits per heavy atom. The first-order chi connectivity index (χ1) is 12.2. The highest BCUT2D eigenvalue weighted by molar-refractivity contribution is 5.98. The molecule has 9 heteroatoms. The van der Waals surface area contributed by atoms with Gasteiger partial charge in [0.15, 0.2) is 6.61 Å². The molecule has 1 aromatic heterocycles. The van der Waals surface area contributed by atoms with Gasteiger partial charge < -0.3 is 14.1 Å². The van der Waals surface area contributed by atoms with Crippen LogP contribution >= 0.6 is 0 Å². The number of carbonyl (C=O) groups excluding carboxylic acids is 2. The summed E-state index contributed by atoms with van der Waals surface area (Å²) in [6.07, 6.45) is -0.586. The van der Waals surface area contributed by atoms with Crippen LogP contribution in [0.5, 0.6) is 0 Å². The van der Waals surface area contributed by atoms with Gasteiger partial charge in [-0.3, -0.25) is 4.79 Å². The van der Waals surface area contributed by atoms with Gasteiger partial charge >= 0.3 is 12.1 Å². The van der Waals surface area contributed by atoms with Crippen LogP contribution in [0, 0.1) is 17.2 Å². The summed E-state index contributed by atoms with van der Waals surface area (Å²) in [6, 6.07) is 4.05. The maximum atomic E-state index is 12.7. The summed E-state index contributed by atoms with van der Waals surface area (Å²) in [5.41, 5.74) is -0.426. The third-order valence-corrected chi connectivity index (χ3v) is 3.96. The lowest BCUT2D eigenvalue weighted by Gasteiger charge is -2.30. The number of rotatable bonds is 7. The van der Waals surface area contributed by atoms with E-state index in [1.807, 2.05) is 0 Å². The SMILES string of the molecule is C[C@@H](C1CC1)N(CC(F)(F)F)C(=O)COC(=O)/C(C#N)=C/c1ccco1. The number of esters is 1. The first kappa shape index (κ1) is 19.6. The Hall–Kier alpha value is -2.76. The number of ether oxygens (including phenoxy) is 1. The quantitative estimate of drug-likeness (QED) is 0.419.